The molecule has 0 aliphatic carbocycles. The van der Waals surface area contributed by atoms with Crippen LogP contribution in [0.3, 0.4) is 0 Å². The van der Waals surface area contributed by atoms with Crippen LogP contribution in [0.1, 0.15) is 10.4 Å². The Morgan fingerprint density at radius 1 is 1.20 bits per heavy atom. The first kappa shape index (κ1) is 14.0. The number of nitrogens with two attached hydrogens (primary N) is 1. The number of halogens is 1. The fraction of sp³-hybridized carbons (Fsp3) is 0. The minimum Gasteiger partial charge on any atom is -0.322 e. The fourth-order valence-corrected chi connectivity index (χ4v) is 1.99. The molecule has 104 valence electrons. The molecule has 0 bridgehead atoms. The summed E-state index contributed by atoms with van der Waals surface area (Å²) in [6, 6.07) is 2.78. The number of aromatic nitrogens is 2. The van der Waals surface area contributed by atoms with Crippen molar-refractivity contribution >= 4 is 21.6 Å². The Morgan fingerprint density at radius 3 is 2.45 bits per heavy atom. The molecule has 7 nitrogen and oxygen atoms in total. The van der Waals surface area contributed by atoms with E-state index >= 15 is 0 Å². The van der Waals surface area contributed by atoms with Gasteiger partial charge in [-0.15, -0.1) is 0 Å². The number of sulfonamides is 1. The van der Waals surface area contributed by atoms with Crippen molar-refractivity contribution in [2.75, 3.05) is 5.32 Å². The van der Waals surface area contributed by atoms with Crippen molar-refractivity contribution < 1.29 is 17.6 Å². The van der Waals surface area contributed by atoms with Gasteiger partial charge in [-0.1, -0.05) is 0 Å². The minimum atomic E-state index is -4.06. The predicted molar refractivity (Wildman–Crippen MR) is 67.8 cm³/mol. The zero-order chi connectivity index (χ0) is 14.8. The molecule has 0 atom stereocenters. The molecule has 1 aromatic carbocycles. The van der Waals surface area contributed by atoms with Crippen molar-refractivity contribution in [2.24, 2.45) is 5.14 Å². The maximum atomic E-state index is 13.3. The Morgan fingerprint density at radius 2 is 1.85 bits per heavy atom. The van der Waals surface area contributed by atoms with Gasteiger partial charge in [-0.3, -0.25) is 4.79 Å². The highest BCUT2D eigenvalue weighted by Gasteiger charge is 2.13. The summed E-state index contributed by atoms with van der Waals surface area (Å²) in [5.41, 5.74) is 0.108. The van der Waals surface area contributed by atoms with Crippen LogP contribution in [0.25, 0.3) is 0 Å². The highest BCUT2D eigenvalue weighted by Crippen LogP contribution is 2.17. The van der Waals surface area contributed by atoms with Gasteiger partial charge >= 0.3 is 0 Å². The van der Waals surface area contributed by atoms with Gasteiger partial charge in [0.2, 0.25) is 10.0 Å². The number of benzene rings is 1. The fourth-order valence-electron chi connectivity index (χ4n) is 1.42. The van der Waals surface area contributed by atoms with E-state index in [4.69, 9.17) is 5.14 Å². The Bertz CT molecular complexity index is 750. The molecule has 2 rings (SSSR count). The second-order valence-electron chi connectivity index (χ2n) is 3.80. The van der Waals surface area contributed by atoms with Crippen molar-refractivity contribution in [3.63, 3.8) is 0 Å². The number of amides is 1. The lowest BCUT2D eigenvalue weighted by atomic mass is 10.2. The van der Waals surface area contributed by atoms with Crippen molar-refractivity contribution in [2.45, 2.75) is 4.90 Å². The van der Waals surface area contributed by atoms with Crippen molar-refractivity contribution in [1.29, 1.82) is 0 Å². The minimum absolute atomic E-state index is 0.0390. The zero-order valence-corrected chi connectivity index (χ0v) is 10.8. The molecule has 3 N–H and O–H groups in total. The number of nitrogens with one attached hydrogen (secondary N) is 1. The number of anilines is 1. The monoisotopic (exact) mass is 296 g/mol. The molecule has 0 spiro atoms. The smallest absolute Gasteiger partial charge is 0.258 e. The molecule has 1 heterocycles. The standard InChI is InChI=1S/C11H9FN4O3S/c12-8-1-9(3-10(2-8)20(13,18)19)16-11(17)7-4-14-6-15-5-7/h1-6H,(H,16,17)(H2,13,18,19). The topological polar surface area (TPSA) is 115 Å². The first-order valence-corrected chi connectivity index (χ1v) is 6.80. The predicted octanol–water partition coefficient (Wildman–Crippen LogP) is 0.515. The average Bonchev–Trinajstić information content (AvgIpc) is 2.38. The molecular formula is C11H9FN4O3S. The third kappa shape index (κ3) is 3.33. The Balaban J connectivity index is 2.31. The second kappa shape index (κ2) is 5.31. The maximum Gasteiger partial charge on any atom is 0.258 e. The summed E-state index contributed by atoms with van der Waals surface area (Å²) < 4.78 is 35.7. The van der Waals surface area contributed by atoms with Gasteiger partial charge in [-0.2, -0.15) is 0 Å². The van der Waals surface area contributed by atoms with Gasteiger partial charge in [-0.25, -0.2) is 27.9 Å². The lowest BCUT2D eigenvalue weighted by Crippen LogP contribution is -2.15. The number of primary sulfonamides is 1. The molecule has 0 aliphatic rings. The van der Waals surface area contributed by atoms with Crippen LogP contribution in [0.2, 0.25) is 0 Å². The van der Waals surface area contributed by atoms with Crippen molar-refractivity contribution in [3.05, 3.63) is 48.3 Å². The van der Waals surface area contributed by atoms with E-state index in [2.05, 4.69) is 15.3 Å². The Labute approximate surface area is 113 Å². The van der Waals surface area contributed by atoms with Crippen LogP contribution < -0.4 is 10.5 Å². The van der Waals surface area contributed by atoms with E-state index < -0.39 is 26.6 Å². The third-order valence-corrected chi connectivity index (χ3v) is 3.17. The van der Waals surface area contributed by atoms with E-state index in [0.29, 0.717) is 0 Å². The SMILES string of the molecule is NS(=O)(=O)c1cc(F)cc(NC(=O)c2cncnc2)c1. The molecule has 0 saturated heterocycles. The molecule has 0 unspecified atom stereocenters. The quantitative estimate of drug-likeness (QED) is 0.856. The normalized spacial score (nSPS) is 11.1. The van der Waals surface area contributed by atoms with E-state index in [1.165, 1.54) is 18.7 Å². The number of hydrogen-bond acceptors (Lipinski definition) is 5. The number of nitrogens with zero attached hydrogens (tertiary/aromatic N) is 2. The maximum absolute atomic E-state index is 13.3. The number of hydrogen-bond donors (Lipinski definition) is 2. The molecular weight excluding hydrogens is 287 g/mol. The van der Waals surface area contributed by atoms with Crippen LogP contribution >= 0.6 is 0 Å². The van der Waals surface area contributed by atoms with E-state index in [9.17, 15) is 17.6 Å². The summed E-state index contributed by atoms with van der Waals surface area (Å²) in [6.07, 6.45) is 3.78. The van der Waals surface area contributed by atoms with Gasteiger partial charge in [0.15, 0.2) is 0 Å². The zero-order valence-electron chi connectivity index (χ0n) is 9.95. The van der Waals surface area contributed by atoms with Crippen molar-refractivity contribution in [3.8, 4) is 0 Å². The van der Waals surface area contributed by atoms with Crippen LogP contribution in [0.4, 0.5) is 10.1 Å². The van der Waals surface area contributed by atoms with Crippen LogP contribution in [0.5, 0.6) is 0 Å². The van der Waals surface area contributed by atoms with Gasteiger partial charge in [0.05, 0.1) is 10.5 Å². The molecule has 2 aromatic rings. The Hall–Kier alpha value is -2.39. The molecule has 20 heavy (non-hydrogen) atoms. The first-order valence-electron chi connectivity index (χ1n) is 5.26. The van der Waals surface area contributed by atoms with Gasteiger partial charge in [-0.05, 0) is 18.2 Å². The average molecular weight is 296 g/mol. The van der Waals surface area contributed by atoms with Crippen LogP contribution in [-0.4, -0.2) is 24.3 Å². The molecule has 9 heteroatoms. The van der Waals surface area contributed by atoms with Crippen LogP contribution in [-0.2, 0) is 10.0 Å². The molecule has 1 amide bonds. The molecule has 0 radical (unpaired) electrons. The summed E-state index contributed by atoms with van der Waals surface area (Å²) in [7, 11) is -4.06. The number of carbonyl (C=O) groups excluding carboxylic acids is 1. The summed E-state index contributed by atoms with van der Waals surface area (Å²) >= 11 is 0. The van der Waals surface area contributed by atoms with E-state index in [-0.39, 0.29) is 11.3 Å². The molecule has 0 aliphatic heterocycles. The summed E-state index contributed by atoms with van der Waals surface area (Å²) in [4.78, 5) is 18.7. The van der Waals surface area contributed by atoms with Crippen LogP contribution in [0.15, 0.2) is 41.8 Å². The first-order chi connectivity index (χ1) is 9.36. The summed E-state index contributed by atoms with van der Waals surface area (Å²) in [5, 5.41) is 7.24. The lowest BCUT2D eigenvalue weighted by Gasteiger charge is -2.07. The highest BCUT2D eigenvalue weighted by molar-refractivity contribution is 7.89. The van der Waals surface area contributed by atoms with Gasteiger partial charge in [0.25, 0.3) is 5.91 Å². The van der Waals surface area contributed by atoms with Crippen molar-refractivity contribution in [1.82, 2.24) is 9.97 Å². The number of rotatable bonds is 3. The van der Waals surface area contributed by atoms with Crippen LogP contribution in [0, 0.1) is 5.82 Å². The summed E-state index contributed by atoms with van der Waals surface area (Å²) in [5.74, 6) is -1.44. The molecule has 0 saturated carbocycles. The molecule has 0 fully saturated rings. The third-order valence-electron chi connectivity index (χ3n) is 2.28. The highest BCUT2D eigenvalue weighted by atomic mass is 32.2. The van der Waals surface area contributed by atoms with E-state index in [1.807, 2.05) is 0 Å². The lowest BCUT2D eigenvalue weighted by molar-refractivity contribution is 0.102. The van der Waals surface area contributed by atoms with E-state index in [1.54, 1.807) is 0 Å². The second-order valence-corrected chi connectivity index (χ2v) is 5.36. The Kier molecular flexibility index (Phi) is 3.72. The molecule has 1 aromatic heterocycles. The summed E-state index contributed by atoms with van der Waals surface area (Å²) in [6.45, 7) is 0. The van der Waals surface area contributed by atoms with Gasteiger partial charge in [0, 0.05) is 18.1 Å². The van der Waals surface area contributed by atoms with Gasteiger partial charge in [0.1, 0.15) is 12.1 Å². The van der Waals surface area contributed by atoms with Gasteiger partial charge < -0.3 is 5.32 Å². The largest absolute Gasteiger partial charge is 0.322 e. The number of carbonyl (C=O) groups is 1. The van der Waals surface area contributed by atoms with E-state index in [0.717, 1.165) is 18.2 Å².